The Morgan fingerprint density at radius 3 is 2.40 bits per heavy atom. The first-order chi connectivity index (χ1) is 9.35. The Morgan fingerprint density at radius 1 is 1.25 bits per heavy atom. The number of halogens is 3. The van der Waals surface area contributed by atoms with Gasteiger partial charge in [-0.15, -0.1) is 0 Å². The summed E-state index contributed by atoms with van der Waals surface area (Å²) in [5.41, 5.74) is -2.45. The Hall–Kier alpha value is -1.56. The lowest BCUT2D eigenvalue weighted by Gasteiger charge is -2.41. The molecule has 3 atom stereocenters. The van der Waals surface area contributed by atoms with Crippen LogP contribution >= 0.6 is 0 Å². The number of rotatable bonds is 2. The summed E-state index contributed by atoms with van der Waals surface area (Å²) >= 11 is 0. The van der Waals surface area contributed by atoms with Crippen LogP contribution in [0, 0.1) is 11.8 Å². The highest BCUT2D eigenvalue weighted by atomic mass is 19.4. The molecule has 1 heterocycles. The Bertz CT molecular complexity index is 531. The zero-order valence-corrected chi connectivity index (χ0v) is 10.6. The van der Waals surface area contributed by atoms with E-state index in [-0.39, 0.29) is 13.0 Å². The number of benzene rings is 1. The summed E-state index contributed by atoms with van der Waals surface area (Å²) in [5, 5.41) is 10.2. The summed E-state index contributed by atoms with van der Waals surface area (Å²) in [5.74, 6) is -2.31. The Balaban J connectivity index is 1.96. The molecule has 0 spiro atoms. The molecule has 1 aliphatic heterocycles. The standard InChI is InChI=1S/C14H14F3NO2/c15-14(16,17)13(20)11-7-6-10(11)12(19)18(13)8-9-4-2-1-3-5-9/h1-5,10-11,20H,6-8H2. The molecule has 6 heteroatoms. The Morgan fingerprint density at radius 2 is 1.90 bits per heavy atom. The second kappa shape index (κ2) is 4.22. The van der Waals surface area contributed by atoms with Crippen LogP contribution in [0.4, 0.5) is 13.2 Å². The molecule has 0 radical (unpaired) electrons. The topological polar surface area (TPSA) is 40.5 Å². The van der Waals surface area contributed by atoms with E-state index in [0.29, 0.717) is 16.9 Å². The molecule has 1 aliphatic carbocycles. The van der Waals surface area contributed by atoms with E-state index >= 15 is 0 Å². The van der Waals surface area contributed by atoms with Crippen molar-refractivity contribution in [3.63, 3.8) is 0 Å². The lowest BCUT2D eigenvalue weighted by molar-refractivity contribution is -0.325. The summed E-state index contributed by atoms with van der Waals surface area (Å²) in [6, 6.07) is 8.41. The van der Waals surface area contributed by atoms with Crippen LogP contribution in [0.2, 0.25) is 0 Å². The maximum Gasteiger partial charge on any atom is 0.437 e. The smallest absolute Gasteiger partial charge is 0.363 e. The molecule has 1 amide bonds. The molecule has 0 bridgehead atoms. The number of amides is 1. The van der Waals surface area contributed by atoms with E-state index in [9.17, 15) is 23.1 Å². The maximum atomic E-state index is 13.3. The van der Waals surface area contributed by atoms with E-state index in [1.54, 1.807) is 30.3 Å². The molecule has 1 saturated heterocycles. The third kappa shape index (κ3) is 1.67. The quantitative estimate of drug-likeness (QED) is 0.906. The SMILES string of the molecule is O=C1C2CCC2C(O)(C(F)(F)F)N1Cc1ccccc1. The second-order valence-electron chi connectivity index (χ2n) is 5.42. The lowest BCUT2D eigenvalue weighted by atomic mass is 9.71. The molecule has 108 valence electrons. The zero-order chi connectivity index (χ0) is 14.5. The second-order valence-corrected chi connectivity index (χ2v) is 5.42. The van der Waals surface area contributed by atoms with E-state index in [1.165, 1.54) is 0 Å². The van der Waals surface area contributed by atoms with Gasteiger partial charge < -0.3 is 10.0 Å². The summed E-state index contributed by atoms with van der Waals surface area (Å²) in [7, 11) is 0. The van der Waals surface area contributed by atoms with Gasteiger partial charge in [0.2, 0.25) is 11.6 Å². The minimum atomic E-state index is -4.84. The Labute approximate surface area is 114 Å². The van der Waals surface area contributed by atoms with Gasteiger partial charge in [-0.25, -0.2) is 0 Å². The van der Waals surface area contributed by atoms with Gasteiger partial charge in [0.05, 0.1) is 0 Å². The van der Waals surface area contributed by atoms with E-state index in [0.717, 1.165) is 0 Å². The predicted molar refractivity (Wildman–Crippen MR) is 64.2 cm³/mol. The van der Waals surface area contributed by atoms with Gasteiger partial charge in [0, 0.05) is 18.4 Å². The lowest BCUT2D eigenvalue weighted by Crippen LogP contribution is -2.60. The number of alkyl halides is 3. The van der Waals surface area contributed by atoms with Crippen LogP contribution in [-0.2, 0) is 11.3 Å². The Kier molecular flexibility index (Phi) is 2.83. The number of carbonyl (C=O) groups is 1. The largest absolute Gasteiger partial charge is 0.437 e. The normalized spacial score (nSPS) is 33.0. The van der Waals surface area contributed by atoms with Crippen molar-refractivity contribution in [2.24, 2.45) is 11.8 Å². The fourth-order valence-electron chi connectivity index (χ4n) is 3.17. The molecular weight excluding hydrogens is 271 g/mol. The first-order valence-corrected chi connectivity index (χ1v) is 6.50. The van der Waals surface area contributed by atoms with Gasteiger partial charge in [-0.2, -0.15) is 13.2 Å². The molecule has 1 aromatic carbocycles. The number of likely N-dealkylation sites (tertiary alicyclic amines) is 1. The third-order valence-corrected chi connectivity index (χ3v) is 4.39. The number of hydrogen-bond donors (Lipinski definition) is 1. The van der Waals surface area contributed by atoms with E-state index in [2.05, 4.69) is 0 Å². The van der Waals surface area contributed by atoms with Crippen molar-refractivity contribution in [2.75, 3.05) is 0 Å². The number of fused-ring (bicyclic) bond motifs is 1. The van der Waals surface area contributed by atoms with Gasteiger partial charge in [0.25, 0.3) is 0 Å². The highest BCUT2D eigenvalue weighted by molar-refractivity contribution is 5.84. The van der Waals surface area contributed by atoms with E-state index in [1.807, 2.05) is 0 Å². The van der Waals surface area contributed by atoms with Gasteiger partial charge in [-0.1, -0.05) is 30.3 Å². The molecule has 1 saturated carbocycles. The number of carbonyl (C=O) groups excluding carboxylic acids is 1. The van der Waals surface area contributed by atoms with Crippen LogP contribution in [0.1, 0.15) is 18.4 Å². The van der Waals surface area contributed by atoms with Crippen LogP contribution in [0.3, 0.4) is 0 Å². The van der Waals surface area contributed by atoms with Crippen LogP contribution in [0.5, 0.6) is 0 Å². The summed E-state index contributed by atoms with van der Waals surface area (Å²) in [4.78, 5) is 12.7. The first kappa shape index (κ1) is 13.4. The average molecular weight is 285 g/mol. The van der Waals surface area contributed by atoms with Crippen molar-refractivity contribution in [3.8, 4) is 0 Å². The zero-order valence-electron chi connectivity index (χ0n) is 10.6. The van der Waals surface area contributed by atoms with Gasteiger partial charge >= 0.3 is 6.18 Å². The fourth-order valence-corrected chi connectivity index (χ4v) is 3.17. The highest BCUT2D eigenvalue weighted by Crippen LogP contribution is 2.56. The van der Waals surface area contributed by atoms with Crippen molar-refractivity contribution >= 4 is 5.91 Å². The van der Waals surface area contributed by atoms with Crippen molar-refractivity contribution in [3.05, 3.63) is 35.9 Å². The number of nitrogens with zero attached hydrogens (tertiary/aromatic N) is 1. The predicted octanol–water partition coefficient (Wildman–Crippen LogP) is 2.31. The van der Waals surface area contributed by atoms with Gasteiger partial charge in [-0.05, 0) is 18.4 Å². The molecule has 3 unspecified atom stereocenters. The number of aliphatic hydroxyl groups is 1. The fraction of sp³-hybridized carbons (Fsp3) is 0.500. The average Bonchev–Trinajstić information content (AvgIpc) is 2.47. The molecule has 0 aromatic heterocycles. The molecule has 20 heavy (non-hydrogen) atoms. The molecule has 2 fully saturated rings. The van der Waals surface area contributed by atoms with Crippen molar-refractivity contribution in [1.29, 1.82) is 0 Å². The van der Waals surface area contributed by atoms with Gasteiger partial charge in [0.15, 0.2) is 0 Å². The minimum Gasteiger partial charge on any atom is -0.363 e. The molecule has 3 nitrogen and oxygen atoms in total. The van der Waals surface area contributed by atoms with Crippen molar-refractivity contribution < 1.29 is 23.1 Å². The van der Waals surface area contributed by atoms with Crippen LogP contribution in [0.25, 0.3) is 0 Å². The molecule has 1 N–H and O–H groups in total. The van der Waals surface area contributed by atoms with Crippen molar-refractivity contribution in [2.45, 2.75) is 31.3 Å². The monoisotopic (exact) mass is 285 g/mol. The third-order valence-electron chi connectivity index (χ3n) is 4.39. The summed E-state index contributed by atoms with van der Waals surface area (Å²) in [6.07, 6.45) is -4.18. The van der Waals surface area contributed by atoms with E-state index < -0.39 is 29.6 Å². The van der Waals surface area contributed by atoms with E-state index in [4.69, 9.17) is 0 Å². The molecular formula is C14H14F3NO2. The molecule has 1 aromatic rings. The molecule has 2 aliphatic rings. The minimum absolute atomic E-state index is 0.220. The van der Waals surface area contributed by atoms with Gasteiger partial charge in [-0.3, -0.25) is 4.79 Å². The van der Waals surface area contributed by atoms with Gasteiger partial charge in [0.1, 0.15) is 0 Å². The summed E-state index contributed by atoms with van der Waals surface area (Å²) < 4.78 is 39.9. The van der Waals surface area contributed by atoms with Crippen LogP contribution < -0.4 is 0 Å². The summed E-state index contributed by atoms with van der Waals surface area (Å²) in [6.45, 7) is -0.220. The van der Waals surface area contributed by atoms with Crippen LogP contribution in [-0.4, -0.2) is 27.8 Å². The van der Waals surface area contributed by atoms with Crippen molar-refractivity contribution in [1.82, 2.24) is 4.90 Å². The first-order valence-electron chi connectivity index (χ1n) is 6.50. The maximum absolute atomic E-state index is 13.3. The van der Waals surface area contributed by atoms with Crippen LogP contribution in [0.15, 0.2) is 30.3 Å². The highest BCUT2D eigenvalue weighted by Gasteiger charge is 2.73. The molecule has 3 rings (SSSR count). The number of hydrogen-bond acceptors (Lipinski definition) is 2.